The first-order chi connectivity index (χ1) is 11.4. The lowest BCUT2D eigenvalue weighted by atomic mass is 9.81. The van der Waals surface area contributed by atoms with Gasteiger partial charge in [0.2, 0.25) is 0 Å². The molecule has 1 aromatic carbocycles. The second kappa shape index (κ2) is 6.69. The lowest BCUT2D eigenvalue weighted by Gasteiger charge is -2.34. The van der Waals surface area contributed by atoms with Crippen LogP contribution in [0.3, 0.4) is 0 Å². The number of aromatic nitrogens is 2. The van der Waals surface area contributed by atoms with E-state index in [1.165, 1.54) is 0 Å². The van der Waals surface area contributed by atoms with Gasteiger partial charge in [0.15, 0.2) is 9.84 Å². The molecule has 0 unspecified atom stereocenters. The van der Waals surface area contributed by atoms with Crippen molar-refractivity contribution in [1.82, 2.24) is 9.78 Å². The summed E-state index contributed by atoms with van der Waals surface area (Å²) in [6, 6.07) is 9.16. The van der Waals surface area contributed by atoms with Gasteiger partial charge in [-0.3, -0.25) is 0 Å². The number of rotatable bonds is 5. The molecule has 0 aliphatic heterocycles. The van der Waals surface area contributed by atoms with Crippen LogP contribution in [0.1, 0.15) is 38.2 Å². The molecule has 3 rings (SSSR count). The fourth-order valence-corrected chi connectivity index (χ4v) is 5.23. The number of benzene rings is 1. The van der Waals surface area contributed by atoms with Gasteiger partial charge in [-0.1, -0.05) is 19.1 Å². The maximum Gasteiger partial charge on any atom is 0.157 e. The first-order valence-electron chi connectivity index (χ1n) is 8.37. The maximum atomic E-state index is 12.5. The van der Waals surface area contributed by atoms with Crippen molar-refractivity contribution < 1.29 is 13.5 Å². The summed E-state index contributed by atoms with van der Waals surface area (Å²) in [5.74, 6) is 0.389. The predicted octanol–water partition coefficient (Wildman–Crippen LogP) is 2.73. The lowest BCUT2D eigenvalue weighted by Crippen LogP contribution is -2.40. The van der Waals surface area contributed by atoms with E-state index >= 15 is 0 Å². The summed E-state index contributed by atoms with van der Waals surface area (Å²) in [6.07, 6.45) is 6.47. The molecule has 130 valence electrons. The van der Waals surface area contributed by atoms with Gasteiger partial charge in [0.25, 0.3) is 0 Å². The summed E-state index contributed by atoms with van der Waals surface area (Å²) in [7, 11) is -3.35. The van der Waals surface area contributed by atoms with Crippen molar-refractivity contribution in [1.29, 1.82) is 0 Å². The molecule has 1 saturated carbocycles. The molecule has 1 aliphatic carbocycles. The Bertz CT molecular complexity index is 759. The van der Waals surface area contributed by atoms with Crippen LogP contribution in [0.4, 0.5) is 0 Å². The van der Waals surface area contributed by atoms with Crippen molar-refractivity contribution >= 4 is 9.84 Å². The SMILES string of the molecule is CC1CCC(O)(CS(=O)(=O)Cc2ccc(-n3cccn3)cc2)CC1. The molecule has 5 nitrogen and oxygen atoms in total. The molecular formula is C18H24N2O3S. The summed E-state index contributed by atoms with van der Waals surface area (Å²) in [5, 5.41) is 14.7. The van der Waals surface area contributed by atoms with Crippen LogP contribution in [0.2, 0.25) is 0 Å². The average Bonchev–Trinajstić information content (AvgIpc) is 3.05. The molecule has 0 atom stereocenters. The molecule has 2 aromatic rings. The Balaban J connectivity index is 1.66. The Morgan fingerprint density at radius 1 is 1.25 bits per heavy atom. The quantitative estimate of drug-likeness (QED) is 0.902. The summed E-state index contributed by atoms with van der Waals surface area (Å²) >= 11 is 0. The summed E-state index contributed by atoms with van der Waals surface area (Å²) in [6.45, 7) is 2.15. The van der Waals surface area contributed by atoms with E-state index in [1.54, 1.807) is 10.9 Å². The smallest absolute Gasteiger partial charge is 0.157 e. The fraction of sp³-hybridized carbons (Fsp3) is 0.500. The van der Waals surface area contributed by atoms with Crippen LogP contribution in [0.15, 0.2) is 42.7 Å². The number of nitrogens with zero attached hydrogens (tertiary/aromatic N) is 2. The zero-order chi connectivity index (χ0) is 17.2. The highest BCUT2D eigenvalue weighted by molar-refractivity contribution is 7.90. The average molecular weight is 348 g/mol. The van der Waals surface area contributed by atoms with Gasteiger partial charge in [0.1, 0.15) is 0 Å². The van der Waals surface area contributed by atoms with E-state index in [1.807, 2.05) is 36.5 Å². The lowest BCUT2D eigenvalue weighted by molar-refractivity contribution is 0.0135. The molecule has 1 aromatic heterocycles. The van der Waals surface area contributed by atoms with Crippen molar-refractivity contribution in [3.8, 4) is 5.69 Å². The van der Waals surface area contributed by atoms with Gasteiger partial charge in [0.05, 0.1) is 22.8 Å². The van der Waals surface area contributed by atoms with Gasteiger partial charge in [-0.25, -0.2) is 13.1 Å². The third-order valence-electron chi connectivity index (χ3n) is 4.79. The van der Waals surface area contributed by atoms with Gasteiger partial charge in [-0.05, 0) is 55.4 Å². The van der Waals surface area contributed by atoms with Gasteiger partial charge < -0.3 is 5.11 Å². The third kappa shape index (κ3) is 4.24. The van der Waals surface area contributed by atoms with Crippen LogP contribution in [-0.2, 0) is 15.6 Å². The monoisotopic (exact) mass is 348 g/mol. The standard InChI is InChI=1S/C18H24N2O3S/c1-15-7-9-18(21,10-8-15)14-24(22,23)13-16-3-5-17(6-4-16)20-12-2-11-19-20/h2-6,11-12,15,21H,7-10,13-14H2,1H3. The zero-order valence-electron chi connectivity index (χ0n) is 13.9. The summed E-state index contributed by atoms with van der Waals surface area (Å²) in [5.41, 5.74) is 0.570. The van der Waals surface area contributed by atoms with Crippen LogP contribution in [0.25, 0.3) is 5.69 Å². The van der Waals surface area contributed by atoms with E-state index in [9.17, 15) is 13.5 Å². The number of sulfone groups is 1. The van der Waals surface area contributed by atoms with E-state index in [4.69, 9.17) is 0 Å². The molecule has 1 heterocycles. The molecule has 0 radical (unpaired) electrons. The molecule has 1 aliphatic rings. The number of aliphatic hydroxyl groups is 1. The zero-order valence-corrected chi connectivity index (χ0v) is 14.7. The van der Waals surface area contributed by atoms with Crippen LogP contribution >= 0.6 is 0 Å². The molecule has 6 heteroatoms. The predicted molar refractivity (Wildman–Crippen MR) is 93.6 cm³/mol. The molecule has 0 bridgehead atoms. The molecule has 0 saturated heterocycles. The van der Waals surface area contributed by atoms with E-state index in [2.05, 4.69) is 12.0 Å². The summed E-state index contributed by atoms with van der Waals surface area (Å²) < 4.78 is 26.7. The van der Waals surface area contributed by atoms with Crippen molar-refractivity contribution in [2.45, 2.75) is 44.0 Å². The first kappa shape index (κ1) is 17.2. The topological polar surface area (TPSA) is 72.2 Å². The Labute approximate surface area is 143 Å². The Morgan fingerprint density at radius 3 is 2.50 bits per heavy atom. The van der Waals surface area contributed by atoms with E-state index in [-0.39, 0.29) is 11.5 Å². The van der Waals surface area contributed by atoms with E-state index < -0.39 is 15.4 Å². The fourth-order valence-electron chi connectivity index (χ4n) is 3.32. The Morgan fingerprint density at radius 2 is 1.92 bits per heavy atom. The highest BCUT2D eigenvalue weighted by atomic mass is 32.2. The highest BCUT2D eigenvalue weighted by Crippen LogP contribution is 2.33. The van der Waals surface area contributed by atoms with Gasteiger partial charge in [0, 0.05) is 12.4 Å². The number of hydrogen-bond donors (Lipinski definition) is 1. The molecule has 24 heavy (non-hydrogen) atoms. The molecule has 1 N–H and O–H groups in total. The second-order valence-electron chi connectivity index (χ2n) is 7.06. The minimum absolute atomic E-state index is 0.0374. The third-order valence-corrected chi connectivity index (χ3v) is 6.54. The van der Waals surface area contributed by atoms with Crippen LogP contribution in [0.5, 0.6) is 0 Å². The molecular weight excluding hydrogens is 324 g/mol. The molecule has 1 fully saturated rings. The molecule has 0 amide bonds. The van der Waals surface area contributed by atoms with E-state index in [0.29, 0.717) is 18.8 Å². The van der Waals surface area contributed by atoms with Crippen molar-refractivity contribution in [2.75, 3.05) is 5.75 Å². The van der Waals surface area contributed by atoms with Crippen molar-refractivity contribution in [2.24, 2.45) is 5.92 Å². The second-order valence-corrected chi connectivity index (χ2v) is 9.12. The minimum Gasteiger partial charge on any atom is -0.389 e. The van der Waals surface area contributed by atoms with Gasteiger partial charge >= 0.3 is 0 Å². The Kier molecular flexibility index (Phi) is 4.78. The first-order valence-corrected chi connectivity index (χ1v) is 10.2. The normalized spacial score (nSPS) is 24.8. The number of hydrogen-bond acceptors (Lipinski definition) is 4. The van der Waals surface area contributed by atoms with Gasteiger partial charge in [-0.2, -0.15) is 5.10 Å². The van der Waals surface area contributed by atoms with Crippen LogP contribution < -0.4 is 0 Å². The van der Waals surface area contributed by atoms with Crippen LogP contribution in [-0.4, -0.2) is 34.7 Å². The maximum absolute atomic E-state index is 12.5. The largest absolute Gasteiger partial charge is 0.389 e. The summed E-state index contributed by atoms with van der Waals surface area (Å²) in [4.78, 5) is 0. The van der Waals surface area contributed by atoms with Gasteiger partial charge in [-0.15, -0.1) is 0 Å². The van der Waals surface area contributed by atoms with Crippen molar-refractivity contribution in [3.05, 3.63) is 48.3 Å². The highest BCUT2D eigenvalue weighted by Gasteiger charge is 2.36. The molecule has 0 spiro atoms. The van der Waals surface area contributed by atoms with Crippen molar-refractivity contribution in [3.63, 3.8) is 0 Å². The minimum atomic E-state index is -3.35. The van der Waals surface area contributed by atoms with Crippen LogP contribution in [0, 0.1) is 5.92 Å². The van der Waals surface area contributed by atoms with E-state index in [0.717, 1.165) is 24.1 Å². The Hall–Kier alpha value is -1.66.